The summed E-state index contributed by atoms with van der Waals surface area (Å²) < 4.78 is 10.1. The first-order valence-corrected chi connectivity index (χ1v) is 8.73. The number of ether oxygens (including phenoxy) is 2. The maximum absolute atomic E-state index is 12.3. The molecule has 0 fully saturated rings. The number of nitrogens with one attached hydrogen (secondary N) is 1. The van der Waals surface area contributed by atoms with Gasteiger partial charge in [0.15, 0.2) is 11.9 Å². The number of esters is 1. The van der Waals surface area contributed by atoms with Gasteiger partial charge in [0, 0.05) is 24.1 Å². The van der Waals surface area contributed by atoms with E-state index >= 15 is 0 Å². The van der Waals surface area contributed by atoms with E-state index in [4.69, 9.17) is 9.47 Å². The highest BCUT2D eigenvalue weighted by molar-refractivity contribution is 5.98. The monoisotopic (exact) mass is 400 g/mol. The van der Waals surface area contributed by atoms with Gasteiger partial charge in [0.2, 0.25) is 0 Å². The Morgan fingerprint density at radius 2 is 1.79 bits per heavy atom. The van der Waals surface area contributed by atoms with E-state index < -0.39 is 22.9 Å². The van der Waals surface area contributed by atoms with E-state index in [1.54, 1.807) is 30.3 Å². The highest BCUT2D eigenvalue weighted by atomic mass is 16.6. The summed E-state index contributed by atoms with van der Waals surface area (Å²) in [5, 5.41) is 13.3. The molecule has 29 heavy (non-hydrogen) atoms. The number of anilines is 1. The summed E-state index contributed by atoms with van der Waals surface area (Å²) in [5.74, 6) is -1.38. The molecule has 0 radical (unpaired) electrons. The second-order valence-electron chi connectivity index (χ2n) is 6.05. The van der Waals surface area contributed by atoms with Crippen molar-refractivity contribution >= 4 is 29.0 Å². The number of hydrogen-bond acceptors (Lipinski definition) is 7. The zero-order valence-corrected chi connectivity index (χ0v) is 15.9. The number of hydrogen-bond donors (Lipinski definition) is 1. The molecule has 0 unspecified atom stereocenters. The second kappa shape index (κ2) is 9.98. The minimum atomic E-state index is -1.17. The number of nitro groups is 1. The predicted octanol–water partition coefficient (Wildman–Crippen LogP) is 3.14. The lowest BCUT2D eigenvalue weighted by molar-refractivity contribution is -0.384. The molecule has 0 saturated carbocycles. The van der Waals surface area contributed by atoms with Crippen LogP contribution in [0.4, 0.5) is 11.4 Å². The van der Waals surface area contributed by atoms with Gasteiger partial charge < -0.3 is 14.8 Å². The minimum Gasteiger partial charge on any atom is -0.495 e. The molecule has 1 atom stereocenters. The summed E-state index contributed by atoms with van der Waals surface area (Å²) in [7, 11) is 1.35. The normalized spacial score (nSPS) is 11.2. The number of nitro benzene ring substituents is 1. The van der Waals surface area contributed by atoms with Gasteiger partial charge in [-0.05, 0) is 13.0 Å². The fourth-order valence-corrected chi connectivity index (χ4v) is 2.44. The van der Waals surface area contributed by atoms with Crippen molar-refractivity contribution in [3.8, 4) is 5.75 Å². The first-order valence-electron chi connectivity index (χ1n) is 8.73. The van der Waals surface area contributed by atoms with Crippen LogP contribution in [-0.4, -0.2) is 35.8 Å². The minimum absolute atomic E-state index is 0.0457. The molecule has 2 aromatic carbocycles. The van der Waals surface area contributed by atoms with Gasteiger partial charge in [-0.2, -0.15) is 0 Å². The summed E-state index contributed by atoms with van der Waals surface area (Å²) in [6.07, 6.45) is -1.39. The van der Waals surface area contributed by atoms with Crippen LogP contribution in [0.5, 0.6) is 5.75 Å². The van der Waals surface area contributed by atoms with E-state index in [0.717, 1.165) is 6.07 Å². The fraction of sp³-hybridized carbons (Fsp3) is 0.250. The van der Waals surface area contributed by atoms with Gasteiger partial charge in [-0.1, -0.05) is 30.3 Å². The molecule has 0 aliphatic carbocycles. The Hall–Kier alpha value is -3.75. The van der Waals surface area contributed by atoms with Crippen LogP contribution in [0, 0.1) is 10.1 Å². The molecule has 1 N–H and O–H groups in total. The van der Waals surface area contributed by atoms with Crippen LogP contribution in [0.2, 0.25) is 0 Å². The number of non-ortho nitro benzene ring substituents is 1. The summed E-state index contributed by atoms with van der Waals surface area (Å²) in [6.45, 7) is 1.36. The summed E-state index contributed by atoms with van der Waals surface area (Å²) >= 11 is 0. The first-order chi connectivity index (χ1) is 13.8. The molecule has 2 rings (SSSR count). The van der Waals surface area contributed by atoms with Gasteiger partial charge in [0.05, 0.1) is 24.1 Å². The van der Waals surface area contributed by atoms with Crippen molar-refractivity contribution in [1.82, 2.24) is 0 Å². The van der Waals surface area contributed by atoms with Crippen LogP contribution < -0.4 is 10.1 Å². The summed E-state index contributed by atoms with van der Waals surface area (Å²) in [4.78, 5) is 46.5. The SMILES string of the molecule is COc1ccc([N+](=O)[O-])cc1NC(=O)[C@H](C)OC(=O)CCC(=O)c1ccccc1. The van der Waals surface area contributed by atoms with Crippen LogP contribution in [0.3, 0.4) is 0 Å². The Balaban J connectivity index is 1.91. The van der Waals surface area contributed by atoms with E-state index in [0.29, 0.717) is 5.56 Å². The van der Waals surface area contributed by atoms with Crippen molar-refractivity contribution in [2.75, 3.05) is 12.4 Å². The molecule has 1 amide bonds. The number of carbonyl (C=O) groups excluding carboxylic acids is 3. The van der Waals surface area contributed by atoms with Gasteiger partial charge in [-0.15, -0.1) is 0 Å². The molecule has 0 spiro atoms. The zero-order valence-electron chi connectivity index (χ0n) is 15.9. The quantitative estimate of drug-likeness (QED) is 0.297. The molecule has 0 heterocycles. The van der Waals surface area contributed by atoms with Crippen molar-refractivity contribution in [2.45, 2.75) is 25.9 Å². The molecule has 9 heteroatoms. The number of amides is 1. The third-order valence-corrected chi connectivity index (χ3v) is 3.98. The van der Waals surface area contributed by atoms with Crippen molar-refractivity contribution in [3.63, 3.8) is 0 Å². The summed E-state index contributed by atoms with van der Waals surface area (Å²) in [5.41, 5.74) is 0.336. The van der Waals surface area contributed by atoms with Gasteiger partial charge in [-0.3, -0.25) is 24.5 Å². The summed E-state index contributed by atoms with van der Waals surface area (Å²) in [6, 6.07) is 12.2. The van der Waals surface area contributed by atoms with Crippen molar-refractivity contribution < 1.29 is 28.8 Å². The third kappa shape index (κ3) is 6.13. The van der Waals surface area contributed by atoms with Crippen LogP contribution >= 0.6 is 0 Å². The highest BCUT2D eigenvalue weighted by Crippen LogP contribution is 2.29. The number of Topliss-reactive ketones (excluding diaryl/α,β-unsaturated/α-hetero) is 1. The maximum Gasteiger partial charge on any atom is 0.307 e. The van der Waals surface area contributed by atoms with Gasteiger partial charge >= 0.3 is 5.97 Å². The Labute approximate surface area is 166 Å². The number of carbonyl (C=O) groups is 3. The van der Waals surface area contributed by atoms with Crippen LogP contribution in [0.1, 0.15) is 30.1 Å². The van der Waals surface area contributed by atoms with Gasteiger partial charge in [0.25, 0.3) is 11.6 Å². The topological polar surface area (TPSA) is 125 Å². The van der Waals surface area contributed by atoms with Crippen molar-refractivity contribution in [3.05, 3.63) is 64.2 Å². The predicted molar refractivity (Wildman–Crippen MR) is 104 cm³/mol. The molecule has 152 valence electrons. The highest BCUT2D eigenvalue weighted by Gasteiger charge is 2.21. The molecule has 2 aromatic rings. The average Bonchev–Trinajstić information content (AvgIpc) is 2.72. The lowest BCUT2D eigenvalue weighted by atomic mass is 10.1. The number of ketones is 1. The van der Waals surface area contributed by atoms with E-state index in [1.807, 2.05) is 0 Å². The molecule has 0 aliphatic rings. The number of methoxy groups -OCH3 is 1. The second-order valence-corrected chi connectivity index (χ2v) is 6.05. The standard InChI is InChI=1S/C20H20N2O7/c1-13(29-19(24)11-9-17(23)14-6-4-3-5-7-14)20(25)21-16-12-15(22(26)27)8-10-18(16)28-2/h3-8,10,12-13H,9,11H2,1-2H3,(H,21,25)/t13-/m0/s1. The van der Waals surface area contributed by atoms with Crippen LogP contribution in [-0.2, 0) is 14.3 Å². The van der Waals surface area contributed by atoms with Gasteiger partial charge in [0.1, 0.15) is 5.75 Å². The Kier molecular flexibility index (Phi) is 7.41. The molecule has 9 nitrogen and oxygen atoms in total. The third-order valence-electron chi connectivity index (χ3n) is 3.98. The number of benzene rings is 2. The first kappa shape index (κ1) is 21.5. The lowest BCUT2D eigenvalue weighted by Crippen LogP contribution is -2.30. The Morgan fingerprint density at radius 3 is 2.41 bits per heavy atom. The molecule has 0 bridgehead atoms. The molecular weight excluding hydrogens is 380 g/mol. The molecule has 0 saturated heterocycles. The van der Waals surface area contributed by atoms with E-state index in [1.165, 1.54) is 26.2 Å². The van der Waals surface area contributed by atoms with Crippen LogP contribution in [0.15, 0.2) is 48.5 Å². The van der Waals surface area contributed by atoms with E-state index in [2.05, 4.69) is 5.32 Å². The zero-order chi connectivity index (χ0) is 21.4. The van der Waals surface area contributed by atoms with Crippen molar-refractivity contribution in [1.29, 1.82) is 0 Å². The fourth-order valence-electron chi connectivity index (χ4n) is 2.44. The number of rotatable bonds is 9. The van der Waals surface area contributed by atoms with E-state index in [-0.39, 0.29) is 35.7 Å². The van der Waals surface area contributed by atoms with Crippen molar-refractivity contribution in [2.24, 2.45) is 0 Å². The Bertz CT molecular complexity index is 912. The molecular formula is C20H20N2O7. The maximum atomic E-state index is 12.3. The average molecular weight is 400 g/mol. The molecule has 0 aromatic heterocycles. The smallest absolute Gasteiger partial charge is 0.307 e. The Morgan fingerprint density at radius 1 is 1.10 bits per heavy atom. The van der Waals surface area contributed by atoms with E-state index in [9.17, 15) is 24.5 Å². The largest absolute Gasteiger partial charge is 0.495 e. The lowest BCUT2D eigenvalue weighted by Gasteiger charge is -2.15. The van der Waals surface area contributed by atoms with Crippen LogP contribution in [0.25, 0.3) is 0 Å². The van der Waals surface area contributed by atoms with Gasteiger partial charge in [-0.25, -0.2) is 0 Å². The molecule has 0 aliphatic heterocycles. The number of nitrogens with zero attached hydrogens (tertiary/aromatic N) is 1.